The maximum Gasteiger partial charge on any atom is 0.261 e. The van der Waals surface area contributed by atoms with Gasteiger partial charge >= 0.3 is 0 Å². The molecule has 1 heterocycles. The summed E-state index contributed by atoms with van der Waals surface area (Å²) in [4.78, 5) is 15.4. The fourth-order valence-corrected chi connectivity index (χ4v) is 5.26. The van der Waals surface area contributed by atoms with E-state index in [0.717, 1.165) is 16.7 Å². The van der Waals surface area contributed by atoms with Crippen molar-refractivity contribution in [1.82, 2.24) is 0 Å². The fourth-order valence-electron chi connectivity index (χ4n) is 5.26. The molecular formula is C34H27NO4. The van der Waals surface area contributed by atoms with Gasteiger partial charge in [-0.05, 0) is 40.5 Å². The molecular weight excluding hydrogens is 486 g/mol. The molecule has 0 aromatic heterocycles. The van der Waals surface area contributed by atoms with E-state index in [2.05, 4.69) is 0 Å². The summed E-state index contributed by atoms with van der Waals surface area (Å²) in [6.45, 7) is 0.378. The smallest absolute Gasteiger partial charge is 0.261 e. The van der Waals surface area contributed by atoms with Crippen molar-refractivity contribution in [3.63, 3.8) is 0 Å². The molecule has 5 nitrogen and oxygen atoms in total. The summed E-state index contributed by atoms with van der Waals surface area (Å²) in [6.07, 6.45) is -1.36. The maximum atomic E-state index is 13.7. The first-order valence-electron chi connectivity index (χ1n) is 12.9. The van der Waals surface area contributed by atoms with Crippen molar-refractivity contribution in [3.05, 3.63) is 150 Å². The first-order valence-corrected chi connectivity index (χ1v) is 12.9. The zero-order valence-corrected chi connectivity index (χ0v) is 21.1. The van der Waals surface area contributed by atoms with Crippen LogP contribution in [0.4, 0.5) is 5.69 Å². The molecule has 5 aromatic rings. The molecule has 0 aliphatic carbocycles. The van der Waals surface area contributed by atoms with Gasteiger partial charge in [0.05, 0.1) is 11.7 Å². The monoisotopic (exact) mass is 513 g/mol. The number of carbonyl (C=O) groups is 1. The van der Waals surface area contributed by atoms with Crippen molar-refractivity contribution < 1.29 is 19.7 Å². The largest absolute Gasteiger partial charge is 0.507 e. The van der Waals surface area contributed by atoms with Gasteiger partial charge in [-0.25, -0.2) is 0 Å². The van der Waals surface area contributed by atoms with E-state index < -0.39 is 18.1 Å². The average Bonchev–Trinajstić information content (AvgIpc) is 3.23. The molecule has 1 atom stereocenters. The van der Waals surface area contributed by atoms with Gasteiger partial charge in [-0.15, -0.1) is 0 Å². The van der Waals surface area contributed by atoms with Crippen molar-refractivity contribution in [2.24, 2.45) is 0 Å². The second kappa shape index (κ2) is 10.5. The highest BCUT2D eigenvalue weighted by Crippen LogP contribution is 2.48. The Bertz CT molecular complexity index is 1560. The number of rotatable bonds is 7. The number of hydrogen-bond donors (Lipinski definition) is 2. The van der Waals surface area contributed by atoms with E-state index in [1.54, 1.807) is 23.1 Å². The third-order valence-electron chi connectivity index (χ3n) is 7.08. The predicted octanol–water partition coefficient (Wildman–Crippen LogP) is 6.81. The first-order chi connectivity index (χ1) is 19.1. The molecule has 5 heteroatoms. The van der Waals surface area contributed by atoms with Crippen LogP contribution in [0.25, 0.3) is 11.1 Å². The van der Waals surface area contributed by atoms with Crippen molar-refractivity contribution in [3.8, 4) is 22.6 Å². The highest BCUT2D eigenvalue weighted by Gasteiger charge is 2.42. The number of ether oxygens (including phenoxy) is 1. The second-order valence-corrected chi connectivity index (χ2v) is 9.53. The minimum Gasteiger partial charge on any atom is -0.507 e. The van der Waals surface area contributed by atoms with Crippen molar-refractivity contribution >= 4 is 11.6 Å². The van der Waals surface area contributed by atoms with Crippen LogP contribution in [0.1, 0.15) is 34.4 Å². The van der Waals surface area contributed by atoms with E-state index in [0.29, 0.717) is 34.7 Å². The van der Waals surface area contributed by atoms with Gasteiger partial charge in [0.25, 0.3) is 5.91 Å². The summed E-state index contributed by atoms with van der Waals surface area (Å²) in [5.74, 6) is 0.131. The topological polar surface area (TPSA) is 70.0 Å². The number of aliphatic hydroxyl groups is 1. The summed E-state index contributed by atoms with van der Waals surface area (Å²) in [5, 5.41) is 22.3. The molecule has 1 amide bonds. The van der Waals surface area contributed by atoms with Gasteiger partial charge in [0.15, 0.2) is 6.10 Å². The van der Waals surface area contributed by atoms with Crippen LogP contribution in [0.5, 0.6) is 11.5 Å². The molecule has 0 saturated heterocycles. The van der Waals surface area contributed by atoms with Gasteiger partial charge in [0.2, 0.25) is 0 Å². The van der Waals surface area contributed by atoms with Crippen LogP contribution < -0.4 is 9.64 Å². The highest BCUT2D eigenvalue weighted by molar-refractivity contribution is 6.07. The number of amides is 1. The molecule has 39 heavy (non-hydrogen) atoms. The Balaban J connectivity index is 1.39. The Morgan fingerprint density at radius 1 is 0.718 bits per heavy atom. The number of hydrogen-bond acceptors (Lipinski definition) is 4. The van der Waals surface area contributed by atoms with Crippen LogP contribution in [-0.2, 0) is 11.4 Å². The summed E-state index contributed by atoms with van der Waals surface area (Å²) >= 11 is 0. The molecule has 1 aliphatic rings. The van der Waals surface area contributed by atoms with Crippen molar-refractivity contribution in [2.75, 3.05) is 4.90 Å². The average molecular weight is 514 g/mol. The normalized spacial score (nSPS) is 14.5. The van der Waals surface area contributed by atoms with E-state index >= 15 is 0 Å². The van der Waals surface area contributed by atoms with Gasteiger partial charge in [-0.2, -0.15) is 0 Å². The molecule has 1 aliphatic heterocycles. The molecule has 0 bridgehead atoms. The Hall–Kier alpha value is -4.87. The van der Waals surface area contributed by atoms with Crippen LogP contribution >= 0.6 is 0 Å². The number of fused-ring (bicyclic) bond motifs is 1. The number of phenols is 1. The number of aromatic hydroxyl groups is 1. The van der Waals surface area contributed by atoms with Crippen molar-refractivity contribution in [2.45, 2.75) is 18.8 Å². The minimum absolute atomic E-state index is 0.00901. The maximum absolute atomic E-state index is 13.7. The van der Waals surface area contributed by atoms with Gasteiger partial charge in [0, 0.05) is 17.2 Å². The lowest BCUT2D eigenvalue weighted by molar-refractivity contribution is -0.126. The molecule has 0 radical (unpaired) electrons. The van der Waals surface area contributed by atoms with Gasteiger partial charge < -0.3 is 14.9 Å². The summed E-state index contributed by atoms with van der Waals surface area (Å²) < 4.78 is 5.87. The lowest BCUT2D eigenvalue weighted by Gasteiger charge is -2.30. The van der Waals surface area contributed by atoms with E-state index in [1.165, 1.54) is 0 Å². The lowest BCUT2D eigenvalue weighted by atomic mass is 9.95. The van der Waals surface area contributed by atoms with E-state index in [1.807, 2.05) is 109 Å². The number of anilines is 1. The number of benzene rings is 5. The van der Waals surface area contributed by atoms with Gasteiger partial charge in [-0.1, -0.05) is 103 Å². The Labute approximate surface area is 227 Å². The van der Waals surface area contributed by atoms with Crippen LogP contribution in [0.2, 0.25) is 0 Å². The molecule has 0 spiro atoms. The number of nitrogens with zero attached hydrogens (tertiary/aromatic N) is 1. The van der Waals surface area contributed by atoms with Gasteiger partial charge in [-0.3, -0.25) is 9.69 Å². The fraction of sp³-hybridized carbons (Fsp3) is 0.0882. The van der Waals surface area contributed by atoms with E-state index in [-0.39, 0.29) is 5.75 Å². The number of aliphatic hydroxyl groups excluding tert-OH is 1. The molecule has 0 saturated carbocycles. The minimum atomic E-state index is -1.36. The van der Waals surface area contributed by atoms with Crippen LogP contribution in [0.15, 0.2) is 127 Å². The quantitative estimate of drug-likeness (QED) is 0.251. The van der Waals surface area contributed by atoms with Crippen molar-refractivity contribution in [1.29, 1.82) is 0 Å². The molecule has 1 unspecified atom stereocenters. The zero-order valence-electron chi connectivity index (χ0n) is 21.1. The Morgan fingerprint density at radius 2 is 1.33 bits per heavy atom. The zero-order chi connectivity index (χ0) is 26.8. The predicted molar refractivity (Wildman–Crippen MR) is 151 cm³/mol. The molecule has 6 rings (SSSR count). The first kappa shape index (κ1) is 24.5. The lowest BCUT2D eigenvalue weighted by Crippen LogP contribution is -2.33. The van der Waals surface area contributed by atoms with Crippen LogP contribution in [-0.4, -0.2) is 16.1 Å². The molecule has 2 N–H and O–H groups in total. The van der Waals surface area contributed by atoms with E-state index in [9.17, 15) is 15.0 Å². The third kappa shape index (κ3) is 4.65. The number of phenolic OH excluding ortho intramolecular Hbond substituents is 1. The number of carbonyl (C=O) groups excluding carboxylic acids is 1. The van der Waals surface area contributed by atoms with Crippen LogP contribution in [0, 0.1) is 0 Å². The SMILES string of the molecule is O=C1C(O)c2c(-c3ccc(OCc4ccccc4)cc3O)cccc2N1C(c1ccccc1)c1ccccc1. The molecule has 0 fully saturated rings. The van der Waals surface area contributed by atoms with E-state index in [4.69, 9.17) is 4.74 Å². The second-order valence-electron chi connectivity index (χ2n) is 9.53. The van der Waals surface area contributed by atoms with Crippen LogP contribution in [0.3, 0.4) is 0 Å². The van der Waals surface area contributed by atoms with Gasteiger partial charge in [0.1, 0.15) is 18.1 Å². The standard InChI is InChI=1S/C34H27NO4/c36-30-21-26(39-22-23-11-4-1-5-12-23)19-20-27(30)28-17-10-18-29-31(28)33(37)34(38)35(29)32(24-13-6-2-7-14-24)25-15-8-3-9-16-25/h1-21,32-33,36-37H,22H2. The summed E-state index contributed by atoms with van der Waals surface area (Å²) in [6, 6.07) is 39.6. The Morgan fingerprint density at radius 3 is 1.95 bits per heavy atom. The highest BCUT2D eigenvalue weighted by atomic mass is 16.5. The summed E-state index contributed by atoms with van der Waals surface area (Å²) in [5.41, 5.74) is 5.11. The third-order valence-corrected chi connectivity index (χ3v) is 7.08. The Kier molecular flexibility index (Phi) is 6.57. The summed E-state index contributed by atoms with van der Waals surface area (Å²) in [7, 11) is 0. The molecule has 192 valence electrons. The molecule has 5 aromatic carbocycles.